The standard InChI is InChI=1S/C17H22N4O/c1-13(18)15-7-10-20(12-15)17(22)11-14-3-5-16(6-4-14)21-9-2-8-19-21/h2-6,8-9,13,15H,7,10-12,18H2,1H3. The Labute approximate surface area is 130 Å². The van der Waals surface area contributed by atoms with Crippen molar-refractivity contribution in [2.75, 3.05) is 13.1 Å². The van der Waals surface area contributed by atoms with Gasteiger partial charge in [-0.3, -0.25) is 4.79 Å². The number of hydrogen-bond donors (Lipinski definition) is 1. The highest BCUT2D eigenvalue weighted by Crippen LogP contribution is 2.20. The monoisotopic (exact) mass is 298 g/mol. The zero-order chi connectivity index (χ0) is 15.5. The topological polar surface area (TPSA) is 64.2 Å². The molecule has 5 nitrogen and oxygen atoms in total. The Morgan fingerprint density at radius 3 is 2.77 bits per heavy atom. The smallest absolute Gasteiger partial charge is 0.226 e. The van der Waals surface area contributed by atoms with Crippen molar-refractivity contribution in [1.29, 1.82) is 0 Å². The lowest BCUT2D eigenvalue weighted by molar-refractivity contribution is -0.129. The number of benzene rings is 1. The molecular formula is C17H22N4O. The largest absolute Gasteiger partial charge is 0.342 e. The van der Waals surface area contributed by atoms with E-state index in [0.717, 1.165) is 30.8 Å². The summed E-state index contributed by atoms with van der Waals surface area (Å²) in [4.78, 5) is 14.3. The quantitative estimate of drug-likeness (QED) is 0.932. The molecule has 116 valence electrons. The van der Waals surface area contributed by atoms with E-state index >= 15 is 0 Å². The summed E-state index contributed by atoms with van der Waals surface area (Å²) in [7, 11) is 0. The lowest BCUT2D eigenvalue weighted by Gasteiger charge is -2.18. The lowest BCUT2D eigenvalue weighted by atomic mass is 10.0. The van der Waals surface area contributed by atoms with Gasteiger partial charge in [0.2, 0.25) is 5.91 Å². The number of hydrogen-bond acceptors (Lipinski definition) is 3. The van der Waals surface area contributed by atoms with E-state index < -0.39 is 0 Å². The maximum Gasteiger partial charge on any atom is 0.226 e. The fourth-order valence-corrected chi connectivity index (χ4v) is 2.92. The molecule has 0 aliphatic carbocycles. The Morgan fingerprint density at radius 1 is 1.41 bits per heavy atom. The molecule has 1 aromatic carbocycles. The maximum atomic E-state index is 12.4. The fraction of sp³-hybridized carbons (Fsp3) is 0.412. The first-order valence-electron chi connectivity index (χ1n) is 7.76. The minimum Gasteiger partial charge on any atom is -0.342 e. The molecule has 1 fully saturated rings. The molecule has 2 heterocycles. The minimum absolute atomic E-state index is 0.158. The third kappa shape index (κ3) is 3.20. The fourth-order valence-electron chi connectivity index (χ4n) is 2.92. The van der Waals surface area contributed by atoms with Crippen molar-refractivity contribution in [2.45, 2.75) is 25.8 Å². The molecule has 3 rings (SSSR count). The van der Waals surface area contributed by atoms with Gasteiger partial charge in [0.1, 0.15) is 0 Å². The number of nitrogens with zero attached hydrogens (tertiary/aromatic N) is 3. The van der Waals surface area contributed by atoms with Gasteiger partial charge in [0.05, 0.1) is 12.1 Å². The molecule has 1 aliphatic heterocycles. The molecule has 1 amide bonds. The second kappa shape index (κ2) is 6.32. The first-order valence-corrected chi connectivity index (χ1v) is 7.76. The number of amides is 1. The van der Waals surface area contributed by atoms with Crippen LogP contribution >= 0.6 is 0 Å². The minimum atomic E-state index is 0.158. The highest BCUT2D eigenvalue weighted by molar-refractivity contribution is 5.79. The number of carbonyl (C=O) groups excluding carboxylic acids is 1. The molecule has 5 heteroatoms. The number of aromatic nitrogens is 2. The average molecular weight is 298 g/mol. The van der Waals surface area contributed by atoms with E-state index in [1.807, 2.05) is 48.4 Å². The summed E-state index contributed by atoms with van der Waals surface area (Å²) in [6.45, 7) is 3.64. The SMILES string of the molecule is CC(N)C1CCN(C(=O)Cc2ccc(-n3cccn3)cc2)C1. The van der Waals surface area contributed by atoms with Crippen LogP contribution in [0.4, 0.5) is 0 Å². The van der Waals surface area contributed by atoms with Gasteiger partial charge in [0, 0.05) is 31.5 Å². The Balaban J connectivity index is 1.60. The second-order valence-electron chi connectivity index (χ2n) is 6.04. The zero-order valence-corrected chi connectivity index (χ0v) is 12.9. The van der Waals surface area contributed by atoms with Crippen LogP contribution in [0, 0.1) is 5.92 Å². The van der Waals surface area contributed by atoms with Crippen molar-refractivity contribution in [3.05, 3.63) is 48.3 Å². The molecule has 0 saturated carbocycles. The molecule has 2 atom stereocenters. The van der Waals surface area contributed by atoms with Crippen LogP contribution < -0.4 is 5.73 Å². The van der Waals surface area contributed by atoms with Crippen molar-refractivity contribution in [3.63, 3.8) is 0 Å². The van der Waals surface area contributed by atoms with Gasteiger partial charge in [-0.05, 0) is 43.0 Å². The van der Waals surface area contributed by atoms with Gasteiger partial charge in [0.25, 0.3) is 0 Å². The van der Waals surface area contributed by atoms with Gasteiger partial charge in [-0.1, -0.05) is 12.1 Å². The lowest BCUT2D eigenvalue weighted by Crippen LogP contribution is -2.33. The number of carbonyl (C=O) groups is 1. The van der Waals surface area contributed by atoms with Crippen LogP contribution in [-0.4, -0.2) is 39.7 Å². The molecule has 0 bridgehead atoms. The number of likely N-dealkylation sites (tertiary alicyclic amines) is 1. The van der Waals surface area contributed by atoms with Crippen LogP contribution in [0.3, 0.4) is 0 Å². The average Bonchev–Trinajstić information content (AvgIpc) is 3.20. The van der Waals surface area contributed by atoms with Gasteiger partial charge in [-0.15, -0.1) is 0 Å². The Morgan fingerprint density at radius 2 is 2.18 bits per heavy atom. The van der Waals surface area contributed by atoms with Gasteiger partial charge >= 0.3 is 0 Å². The molecular weight excluding hydrogens is 276 g/mol. The third-order valence-corrected chi connectivity index (χ3v) is 4.38. The second-order valence-corrected chi connectivity index (χ2v) is 6.04. The Kier molecular flexibility index (Phi) is 4.24. The van der Waals surface area contributed by atoms with Crippen molar-refractivity contribution < 1.29 is 4.79 Å². The predicted octanol–water partition coefficient (Wildman–Crippen LogP) is 1.61. The van der Waals surface area contributed by atoms with Crippen molar-refractivity contribution >= 4 is 5.91 Å². The maximum absolute atomic E-state index is 12.4. The summed E-state index contributed by atoms with van der Waals surface area (Å²) < 4.78 is 1.80. The predicted molar refractivity (Wildman–Crippen MR) is 85.6 cm³/mol. The van der Waals surface area contributed by atoms with E-state index in [0.29, 0.717) is 12.3 Å². The van der Waals surface area contributed by atoms with Crippen molar-refractivity contribution in [1.82, 2.24) is 14.7 Å². The summed E-state index contributed by atoms with van der Waals surface area (Å²) in [5.41, 5.74) is 7.96. The first-order chi connectivity index (χ1) is 10.6. The third-order valence-electron chi connectivity index (χ3n) is 4.38. The molecule has 22 heavy (non-hydrogen) atoms. The highest BCUT2D eigenvalue weighted by atomic mass is 16.2. The molecule has 0 radical (unpaired) electrons. The Bertz CT molecular complexity index is 619. The van der Waals surface area contributed by atoms with Crippen molar-refractivity contribution in [2.24, 2.45) is 11.7 Å². The van der Waals surface area contributed by atoms with Gasteiger partial charge in [0.15, 0.2) is 0 Å². The number of rotatable bonds is 4. The summed E-state index contributed by atoms with van der Waals surface area (Å²) in [5.74, 6) is 0.626. The molecule has 2 N–H and O–H groups in total. The molecule has 1 aliphatic rings. The van der Waals surface area contributed by atoms with Crippen LogP contribution in [0.25, 0.3) is 5.69 Å². The van der Waals surface area contributed by atoms with Gasteiger partial charge < -0.3 is 10.6 Å². The molecule has 2 unspecified atom stereocenters. The molecule has 0 spiro atoms. The van der Waals surface area contributed by atoms with Crippen LogP contribution in [0.15, 0.2) is 42.7 Å². The normalized spacial score (nSPS) is 19.4. The van der Waals surface area contributed by atoms with Crippen LogP contribution in [0.1, 0.15) is 18.9 Å². The van der Waals surface area contributed by atoms with Crippen LogP contribution in [0.2, 0.25) is 0 Å². The zero-order valence-electron chi connectivity index (χ0n) is 12.9. The van der Waals surface area contributed by atoms with Crippen LogP contribution in [0.5, 0.6) is 0 Å². The molecule has 1 aromatic heterocycles. The van der Waals surface area contributed by atoms with Crippen molar-refractivity contribution in [3.8, 4) is 5.69 Å². The van der Waals surface area contributed by atoms with E-state index in [1.54, 1.807) is 10.9 Å². The summed E-state index contributed by atoms with van der Waals surface area (Å²) in [5, 5.41) is 4.19. The van der Waals surface area contributed by atoms with Crippen LogP contribution in [-0.2, 0) is 11.2 Å². The summed E-state index contributed by atoms with van der Waals surface area (Å²) >= 11 is 0. The van der Waals surface area contributed by atoms with E-state index in [1.165, 1.54) is 0 Å². The van der Waals surface area contributed by atoms with E-state index in [9.17, 15) is 4.79 Å². The van der Waals surface area contributed by atoms with E-state index in [-0.39, 0.29) is 11.9 Å². The molecule has 1 saturated heterocycles. The first kappa shape index (κ1) is 14.8. The Hall–Kier alpha value is -2.14. The van der Waals surface area contributed by atoms with Gasteiger partial charge in [-0.2, -0.15) is 5.10 Å². The van der Waals surface area contributed by atoms with E-state index in [4.69, 9.17) is 5.73 Å². The molecule has 2 aromatic rings. The highest BCUT2D eigenvalue weighted by Gasteiger charge is 2.28. The number of nitrogens with two attached hydrogens (primary N) is 1. The van der Waals surface area contributed by atoms with E-state index in [2.05, 4.69) is 5.10 Å². The van der Waals surface area contributed by atoms with Gasteiger partial charge in [-0.25, -0.2) is 4.68 Å². The summed E-state index contributed by atoms with van der Waals surface area (Å²) in [6, 6.07) is 10.0. The summed E-state index contributed by atoms with van der Waals surface area (Å²) in [6.07, 6.45) is 5.12.